The van der Waals surface area contributed by atoms with Gasteiger partial charge in [0.25, 0.3) is 5.56 Å². The van der Waals surface area contributed by atoms with Gasteiger partial charge in [0.15, 0.2) is 11.5 Å². The average molecular weight is 380 g/mol. The third-order valence-electron chi connectivity index (χ3n) is 5.12. The van der Waals surface area contributed by atoms with Gasteiger partial charge in [-0.25, -0.2) is 9.97 Å². The maximum atomic E-state index is 12.5. The number of aromatic amines is 1. The summed E-state index contributed by atoms with van der Waals surface area (Å²) >= 11 is 0. The number of ether oxygens (including phenoxy) is 2. The molecule has 0 unspecified atom stereocenters. The molecule has 1 fully saturated rings. The molecule has 146 valence electrons. The summed E-state index contributed by atoms with van der Waals surface area (Å²) in [7, 11) is 3.10. The van der Waals surface area contributed by atoms with Crippen molar-refractivity contribution < 1.29 is 9.47 Å². The van der Waals surface area contributed by atoms with Crippen LogP contribution in [0.4, 0.5) is 5.82 Å². The Bertz CT molecular complexity index is 1020. The van der Waals surface area contributed by atoms with Crippen LogP contribution in [0.25, 0.3) is 10.9 Å². The second-order valence-corrected chi connectivity index (χ2v) is 6.99. The fraction of sp³-hybridized carbons (Fsp3) is 0.381. The number of methoxy groups -OCH3 is 2. The quantitative estimate of drug-likeness (QED) is 0.733. The van der Waals surface area contributed by atoms with E-state index in [2.05, 4.69) is 25.9 Å². The summed E-state index contributed by atoms with van der Waals surface area (Å²) in [5.41, 5.74) is 1.39. The van der Waals surface area contributed by atoms with E-state index in [9.17, 15) is 4.79 Å². The first kappa shape index (κ1) is 18.3. The van der Waals surface area contributed by atoms with Crippen LogP contribution in [0.5, 0.6) is 11.5 Å². The van der Waals surface area contributed by atoms with Crippen molar-refractivity contribution in [3.05, 3.63) is 52.2 Å². The van der Waals surface area contributed by atoms with Crippen LogP contribution in [0.3, 0.4) is 0 Å². The van der Waals surface area contributed by atoms with E-state index < -0.39 is 0 Å². The molecule has 3 heterocycles. The Morgan fingerprint density at radius 2 is 1.82 bits per heavy atom. The molecule has 1 aliphatic rings. The maximum Gasteiger partial charge on any atom is 0.258 e. The van der Waals surface area contributed by atoms with E-state index in [-0.39, 0.29) is 5.56 Å². The van der Waals surface area contributed by atoms with Crippen molar-refractivity contribution in [1.29, 1.82) is 0 Å². The Labute approximate surface area is 163 Å². The number of hydrogen-bond donors (Lipinski definition) is 1. The molecule has 0 radical (unpaired) electrons. The minimum atomic E-state index is -0.196. The third kappa shape index (κ3) is 3.65. The minimum absolute atomic E-state index is 0.196. The number of nitrogens with one attached hydrogen (secondary N) is 1. The van der Waals surface area contributed by atoms with Crippen molar-refractivity contribution in [3.8, 4) is 11.5 Å². The second-order valence-electron chi connectivity index (χ2n) is 6.99. The van der Waals surface area contributed by atoms with Gasteiger partial charge in [-0.2, -0.15) is 0 Å². The van der Waals surface area contributed by atoms with E-state index >= 15 is 0 Å². The molecule has 1 saturated heterocycles. The van der Waals surface area contributed by atoms with Gasteiger partial charge < -0.3 is 19.4 Å². The van der Waals surface area contributed by atoms with Crippen molar-refractivity contribution >= 4 is 16.7 Å². The number of aromatic nitrogens is 3. The summed E-state index contributed by atoms with van der Waals surface area (Å²) in [6.07, 6.45) is 6.11. The molecule has 7 heteroatoms. The summed E-state index contributed by atoms with van der Waals surface area (Å²) in [6.45, 7) is 2.13. The number of rotatable bonds is 5. The van der Waals surface area contributed by atoms with Crippen molar-refractivity contribution in [2.45, 2.75) is 25.7 Å². The Kier molecular flexibility index (Phi) is 5.14. The summed E-state index contributed by atoms with van der Waals surface area (Å²) in [4.78, 5) is 26.9. The number of anilines is 1. The SMILES string of the molecule is COc1cc2nc(Cc3ccc(N4CCCCC4)nc3)[nH]c(=O)c2cc1OC. The Balaban J connectivity index is 1.59. The molecule has 1 aromatic carbocycles. The Hall–Kier alpha value is -3.09. The zero-order chi connectivity index (χ0) is 19.5. The van der Waals surface area contributed by atoms with Crippen LogP contribution in [0.1, 0.15) is 30.7 Å². The second kappa shape index (κ2) is 7.88. The number of benzene rings is 1. The number of pyridine rings is 1. The van der Waals surface area contributed by atoms with Crippen LogP contribution in [-0.4, -0.2) is 42.3 Å². The van der Waals surface area contributed by atoms with E-state index in [1.165, 1.54) is 19.3 Å². The molecule has 0 atom stereocenters. The lowest BCUT2D eigenvalue weighted by atomic mass is 10.1. The molecule has 4 rings (SSSR count). The standard InChI is InChI=1S/C21H24N4O3/c1-27-17-11-15-16(12-18(17)28-2)23-19(24-21(15)26)10-14-6-7-20(22-13-14)25-8-4-3-5-9-25/h6-7,11-13H,3-5,8-10H2,1-2H3,(H,23,24,26). The molecule has 0 bridgehead atoms. The molecule has 1 N–H and O–H groups in total. The lowest BCUT2D eigenvalue weighted by molar-refractivity contribution is 0.355. The minimum Gasteiger partial charge on any atom is -0.493 e. The fourth-order valence-electron chi connectivity index (χ4n) is 3.62. The molecular weight excluding hydrogens is 356 g/mol. The predicted molar refractivity (Wildman–Crippen MR) is 109 cm³/mol. The molecule has 0 spiro atoms. The van der Waals surface area contributed by atoms with Crippen molar-refractivity contribution in [2.24, 2.45) is 0 Å². The van der Waals surface area contributed by atoms with Gasteiger partial charge in [0.2, 0.25) is 0 Å². The van der Waals surface area contributed by atoms with Gasteiger partial charge in [-0.3, -0.25) is 4.79 Å². The number of piperidine rings is 1. The first-order valence-electron chi connectivity index (χ1n) is 9.53. The van der Waals surface area contributed by atoms with E-state index in [0.717, 1.165) is 24.5 Å². The molecular formula is C21H24N4O3. The van der Waals surface area contributed by atoms with Gasteiger partial charge in [0.05, 0.1) is 25.1 Å². The van der Waals surface area contributed by atoms with Gasteiger partial charge in [0, 0.05) is 31.8 Å². The highest BCUT2D eigenvalue weighted by Crippen LogP contribution is 2.30. The van der Waals surface area contributed by atoms with Crippen molar-refractivity contribution in [2.75, 3.05) is 32.2 Å². The lowest BCUT2D eigenvalue weighted by Crippen LogP contribution is -2.30. The molecule has 3 aromatic rings. The van der Waals surface area contributed by atoms with Crippen LogP contribution in [0.15, 0.2) is 35.3 Å². The van der Waals surface area contributed by atoms with E-state index in [1.54, 1.807) is 26.4 Å². The lowest BCUT2D eigenvalue weighted by Gasteiger charge is -2.27. The van der Waals surface area contributed by atoms with Gasteiger partial charge >= 0.3 is 0 Å². The first-order chi connectivity index (χ1) is 13.7. The Morgan fingerprint density at radius 1 is 1.07 bits per heavy atom. The molecule has 1 aliphatic heterocycles. The predicted octanol–water partition coefficient (Wildman–Crippen LogP) is 2.92. The zero-order valence-corrected chi connectivity index (χ0v) is 16.2. The molecule has 7 nitrogen and oxygen atoms in total. The van der Waals surface area contributed by atoms with Crippen molar-refractivity contribution in [3.63, 3.8) is 0 Å². The number of nitrogens with zero attached hydrogens (tertiary/aromatic N) is 3. The average Bonchev–Trinajstić information content (AvgIpc) is 2.74. The van der Waals surface area contributed by atoms with Gasteiger partial charge in [-0.05, 0) is 37.0 Å². The highest BCUT2D eigenvalue weighted by molar-refractivity contribution is 5.81. The molecule has 0 aliphatic carbocycles. The van der Waals surface area contributed by atoms with E-state index in [4.69, 9.17) is 9.47 Å². The summed E-state index contributed by atoms with van der Waals surface area (Å²) < 4.78 is 10.6. The first-order valence-corrected chi connectivity index (χ1v) is 9.53. The highest BCUT2D eigenvalue weighted by Gasteiger charge is 2.13. The summed E-state index contributed by atoms with van der Waals surface area (Å²) in [6, 6.07) is 7.48. The summed E-state index contributed by atoms with van der Waals surface area (Å²) in [5, 5.41) is 0.472. The zero-order valence-electron chi connectivity index (χ0n) is 16.2. The van der Waals surface area contributed by atoms with Crippen LogP contribution in [-0.2, 0) is 6.42 Å². The molecule has 28 heavy (non-hydrogen) atoms. The van der Waals surface area contributed by atoms with Gasteiger partial charge in [0.1, 0.15) is 11.6 Å². The van der Waals surface area contributed by atoms with Crippen LogP contribution in [0.2, 0.25) is 0 Å². The smallest absolute Gasteiger partial charge is 0.258 e. The largest absolute Gasteiger partial charge is 0.493 e. The fourth-order valence-corrected chi connectivity index (χ4v) is 3.62. The monoisotopic (exact) mass is 380 g/mol. The van der Waals surface area contributed by atoms with Gasteiger partial charge in [-0.15, -0.1) is 0 Å². The highest BCUT2D eigenvalue weighted by atomic mass is 16.5. The normalized spacial score (nSPS) is 14.3. The molecule has 0 amide bonds. The molecule has 0 saturated carbocycles. The van der Waals surface area contributed by atoms with Gasteiger partial charge in [-0.1, -0.05) is 6.07 Å². The van der Waals surface area contributed by atoms with Crippen molar-refractivity contribution in [1.82, 2.24) is 15.0 Å². The molecule has 2 aromatic heterocycles. The van der Waals surface area contributed by atoms with Crippen LogP contribution < -0.4 is 19.9 Å². The van der Waals surface area contributed by atoms with Crippen LogP contribution in [0, 0.1) is 0 Å². The van der Waals surface area contributed by atoms with E-state index in [1.807, 2.05) is 12.3 Å². The topological polar surface area (TPSA) is 80.3 Å². The Morgan fingerprint density at radius 3 is 2.50 bits per heavy atom. The third-order valence-corrected chi connectivity index (χ3v) is 5.12. The van der Waals surface area contributed by atoms with Crippen LogP contribution >= 0.6 is 0 Å². The number of H-pyrrole nitrogens is 1. The maximum absolute atomic E-state index is 12.5. The summed E-state index contributed by atoms with van der Waals surface area (Å²) in [5.74, 6) is 2.66. The number of hydrogen-bond acceptors (Lipinski definition) is 6. The van der Waals surface area contributed by atoms with E-state index in [0.29, 0.717) is 34.6 Å². The number of fused-ring (bicyclic) bond motifs is 1.